The molecule has 9 heteroatoms. The van der Waals surface area contributed by atoms with E-state index in [0.29, 0.717) is 6.42 Å². The Kier molecular flexibility index (Phi) is 10.2. The third-order valence-electron chi connectivity index (χ3n) is 4.60. The molecular formula is C23H33FN2O5S. The van der Waals surface area contributed by atoms with E-state index < -0.39 is 41.0 Å². The smallest absolute Gasteiger partial charge is 0.417 e. The standard InChI is InChI=1S/C21H27FN2O5S.C2H6/c1-6-8-12-11-24(20(27)29-21(2,3)4)19(26)15(16(12)25)18(30)23-14-10-7-9-13(22)17(14)28-5;1-2/h6,10,12,15H,1,7-9,11H2,2-5H3,(H,23,30);1-2H3. The number of rotatable bonds is 5. The largest absolute Gasteiger partial charge is 0.492 e. The minimum Gasteiger partial charge on any atom is -0.492 e. The lowest BCUT2D eigenvalue weighted by Crippen LogP contribution is -2.57. The molecule has 1 aliphatic heterocycles. The van der Waals surface area contributed by atoms with Gasteiger partial charge in [0.2, 0.25) is 5.91 Å². The van der Waals surface area contributed by atoms with E-state index in [-0.39, 0.29) is 35.8 Å². The zero-order valence-corrected chi connectivity index (χ0v) is 20.4. The summed E-state index contributed by atoms with van der Waals surface area (Å²) in [4.78, 5) is 39.3. The van der Waals surface area contributed by atoms with Crippen LogP contribution in [0.25, 0.3) is 0 Å². The Labute approximate surface area is 194 Å². The number of thiocarbonyl (C=S) groups is 1. The fourth-order valence-corrected chi connectivity index (χ4v) is 3.58. The van der Waals surface area contributed by atoms with Crippen molar-refractivity contribution < 1.29 is 28.2 Å². The Morgan fingerprint density at radius 2 is 2.00 bits per heavy atom. The van der Waals surface area contributed by atoms with E-state index in [4.69, 9.17) is 21.7 Å². The Morgan fingerprint density at radius 1 is 1.38 bits per heavy atom. The van der Waals surface area contributed by atoms with Crippen molar-refractivity contribution in [2.45, 2.75) is 59.5 Å². The lowest BCUT2D eigenvalue weighted by molar-refractivity contribution is -0.144. The molecule has 1 aliphatic carbocycles. The number of hydrogen-bond acceptors (Lipinski definition) is 6. The van der Waals surface area contributed by atoms with Gasteiger partial charge in [0.1, 0.15) is 22.3 Å². The topological polar surface area (TPSA) is 84.9 Å². The predicted octanol–water partition coefficient (Wildman–Crippen LogP) is 4.59. The third-order valence-corrected chi connectivity index (χ3v) is 4.93. The van der Waals surface area contributed by atoms with Gasteiger partial charge in [0.05, 0.1) is 12.8 Å². The molecule has 2 aliphatic rings. The highest BCUT2D eigenvalue weighted by molar-refractivity contribution is 7.80. The quantitative estimate of drug-likeness (QED) is 0.359. The molecule has 2 amide bonds. The number of likely N-dealkylation sites (tertiary alicyclic amines) is 1. The zero-order valence-electron chi connectivity index (χ0n) is 19.6. The van der Waals surface area contributed by atoms with E-state index >= 15 is 0 Å². The molecule has 0 spiro atoms. The highest BCUT2D eigenvalue weighted by atomic mass is 32.1. The van der Waals surface area contributed by atoms with Crippen LogP contribution in [-0.2, 0) is 19.1 Å². The fraction of sp³-hybridized carbons (Fsp3) is 0.565. The van der Waals surface area contributed by atoms with Crippen LogP contribution in [0.15, 0.2) is 36.0 Å². The summed E-state index contributed by atoms with van der Waals surface area (Å²) in [6, 6.07) is 0. The lowest BCUT2D eigenvalue weighted by Gasteiger charge is -2.36. The molecule has 1 N–H and O–H groups in total. The maximum atomic E-state index is 14.0. The van der Waals surface area contributed by atoms with Gasteiger partial charge in [-0.3, -0.25) is 9.59 Å². The zero-order chi connectivity index (χ0) is 24.6. The van der Waals surface area contributed by atoms with Crippen LogP contribution < -0.4 is 5.32 Å². The number of piperidine rings is 1. The molecule has 0 aromatic carbocycles. The average molecular weight is 469 g/mol. The van der Waals surface area contributed by atoms with E-state index in [1.54, 1.807) is 32.9 Å². The van der Waals surface area contributed by atoms with Crippen molar-refractivity contribution in [1.82, 2.24) is 10.2 Å². The summed E-state index contributed by atoms with van der Waals surface area (Å²) in [5, 5.41) is 2.77. The first-order valence-electron chi connectivity index (χ1n) is 10.6. The molecule has 2 rings (SSSR count). The SMILES string of the molecule is C=CCC1CN(C(=O)OC(C)(C)C)C(=O)C(C(=S)NC2=CCCC(F)=C2OC)C1=O.CC. The molecule has 0 bridgehead atoms. The number of ether oxygens (including phenoxy) is 2. The number of Topliss-reactive ketones (excluding diaryl/α,β-unsaturated/α-hetero) is 1. The number of amides is 2. The summed E-state index contributed by atoms with van der Waals surface area (Å²) in [6.45, 7) is 12.6. The van der Waals surface area contributed by atoms with Crippen LogP contribution in [-0.4, -0.2) is 46.9 Å². The minimum atomic E-state index is -1.39. The number of imide groups is 1. The maximum absolute atomic E-state index is 14.0. The molecular weight excluding hydrogens is 435 g/mol. The Balaban J connectivity index is 0.00000249. The van der Waals surface area contributed by atoms with Crippen molar-refractivity contribution in [1.29, 1.82) is 0 Å². The van der Waals surface area contributed by atoms with Crippen LogP contribution in [0.4, 0.5) is 9.18 Å². The number of carbonyl (C=O) groups is 3. The molecule has 7 nitrogen and oxygen atoms in total. The van der Waals surface area contributed by atoms with Crippen molar-refractivity contribution in [2.75, 3.05) is 13.7 Å². The molecule has 1 saturated heterocycles. The van der Waals surface area contributed by atoms with Crippen molar-refractivity contribution >= 4 is 35.0 Å². The van der Waals surface area contributed by atoms with Crippen LogP contribution in [0.2, 0.25) is 0 Å². The highest BCUT2D eigenvalue weighted by Gasteiger charge is 2.47. The highest BCUT2D eigenvalue weighted by Crippen LogP contribution is 2.28. The normalized spacial score (nSPS) is 21.2. The molecule has 0 aromatic rings. The molecule has 1 fully saturated rings. The van der Waals surface area contributed by atoms with Crippen molar-refractivity contribution in [2.24, 2.45) is 11.8 Å². The van der Waals surface area contributed by atoms with E-state index in [0.717, 1.165) is 4.90 Å². The van der Waals surface area contributed by atoms with Crippen molar-refractivity contribution in [3.8, 4) is 0 Å². The summed E-state index contributed by atoms with van der Waals surface area (Å²) in [5.74, 6) is -3.72. The molecule has 2 unspecified atom stereocenters. The third kappa shape index (κ3) is 6.72. The summed E-state index contributed by atoms with van der Waals surface area (Å²) in [5.41, 5.74) is -0.564. The number of allylic oxidation sites excluding steroid dienone is 3. The Hall–Kier alpha value is -2.55. The number of hydrogen-bond donors (Lipinski definition) is 1. The first-order valence-corrected chi connectivity index (χ1v) is 11.0. The molecule has 1 heterocycles. The van der Waals surface area contributed by atoms with Crippen LogP contribution in [0.3, 0.4) is 0 Å². The first-order chi connectivity index (χ1) is 15.0. The number of carbonyl (C=O) groups excluding carboxylic acids is 3. The summed E-state index contributed by atoms with van der Waals surface area (Å²) in [7, 11) is 1.32. The maximum Gasteiger partial charge on any atom is 0.417 e. The monoisotopic (exact) mass is 468 g/mol. The van der Waals surface area contributed by atoms with Gasteiger partial charge in [-0.05, 0) is 33.6 Å². The first kappa shape index (κ1) is 27.5. The van der Waals surface area contributed by atoms with Crippen molar-refractivity contribution in [3.05, 3.63) is 36.0 Å². The van der Waals surface area contributed by atoms with E-state index in [1.165, 1.54) is 7.11 Å². The molecule has 0 saturated carbocycles. The van der Waals surface area contributed by atoms with Gasteiger partial charge >= 0.3 is 6.09 Å². The van der Waals surface area contributed by atoms with Gasteiger partial charge in [-0.1, -0.05) is 38.2 Å². The molecule has 2 atom stereocenters. The van der Waals surface area contributed by atoms with Gasteiger partial charge in [0, 0.05) is 18.9 Å². The van der Waals surface area contributed by atoms with E-state index in [2.05, 4.69) is 11.9 Å². The minimum absolute atomic E-state index is 0.0223. The second-order valence-corrected chi connectivity index (χ2v) is 8.51. The predicted molar refractivity (Wildman–Crippen MR) is 124 cm³/mol. The van der Waals surface area contributed by atoms with E-state index in [9.17, 15) is 18.8 Å². The number of nitrogens with one attached hydrogen (secondary N) is 1. The molecule has 32 heavy (non-hydrogen) atoms. The van der Waals surface area contributed by atoms with Gasteiger partial charge < -0.3 is 14.8 Å². The van der Waals surface area contributed by atoms with Gasteiger partial charge in [0.15, 0.2) is 11.5 Å². The second-order valence-electron chi connectivity index (χ2n) is 8.07. The lowest BCUT2D eigenvalue weighted by atomic mass is 9.84. The second kappa shape index (κ2) is 11.9. The Bertz CT molecular complexity index is 829. The summed E-state index contributed by atoms with van der Waals surface area (Å²) in [6.07, 6.45) is 3.26. The average Bonchev–Trinajstić information content (AvgIpc) is 2.70. The van der Waals surface area contributed by atoms with E-state index in [1.807, 2.05) is 13.8 Å². The van der Waals surface area contributed by atoms with Crippen LogP contribution >= 0.6 is 12.2 Å². The summed E-state index contributed by atoms with van der Waals surface area (Å²) < 4.78 is 24.4. The van der Waals surface area contributed by atoms with Crippen LogP contribution in [0.1, 0.15) is 53.9 Å². The summed E-state index contributed by atoms with van der Waals surface area (Å²) >= 11 is 5.34. The number of nitrogens with zero attached hydrogens (tertiary/aromatic N) is 1. The molecule has 178 valence electrons. The van der Waals surface area contributed by atoms with Gasteiger partial charge in [0.25, 0.3) is 0 Å². The Morgan fingerprint density at radius 3 is 2.53 bits per heavy atom. The molecule has 0 radical (unpaired) electrons. The van der Waals surface area contributed by atoms with Gasteiger partial charge in [-0.2, -0.15) is 0 Å². The molecule has 0 aromatic heterocycles. The van der Waals surface area contributed by atoms with Crippen LogP contribution in [0, 0.1) is 11.8 Å². The van der Waals surface area contributed by atoms with Gasteiger partial charge in [-0.25, -0.2) is 14.1 Å². The number of methoxy groups -OCH3 is 1. The fourth-order valence-electron chi connectivity index (χ4n) is 3.26. The van der Waals surface area contributed by atoms with Crippen molar-refractivity contribution in [3.63, 3.8) is 0 Å². The van der Waals surface area contributed by atoms with Crippen LogP contribution in [0.5, 0.6) is 0 Å². The number of halogens is 1. The number of ketones is 1. The van der Waals surface area contributed by atoms with Gasteiger partial charge in [-0.15, -0.1) is 6.58 Å².